The zero-order chi connectivity index (χ0) is 9.47. The number of nitrogens with two attached hydrogens (primary N) is 1. The average molecular weight is 184 g/mol. The van der Waals surface area contributed by atoms with E-state index in [1.807, 2.05) is 0 Å². The van der Waals surface area contributed by atoms with Gasteiger partial charge in [0, 0.05) is 19.0 Å². The van der Waals surface area contributed by atoms with Crippen molar-refractivity contribution in [3.8, 4) is 0 Å². The number of hydrogen-bond donors (Lipinski definition) is 2. The van der Waals surface area contributed by atoms with E-state index in [4.69, 9.17) is 5.73 Å². The number of piperidine rings is 1. The summed E-state index contributed by atoms with van der Waals surface area (Å²) in [6, 6.07) is 0.381. The summed E-state index contributed by atoms with van der Waals surface area (Å²) in [5.41, 5.74) is 3.95. The highest BCUT2D eigenvalue weighted by Crippen LogP contribution is 2.32. The van der Waals surface area contributed by atoms with Crippen LogP contribution in [-0.4, -0.2) is 40.6 Å². The molecular weight excluding hydrogens is 168 g/mol. The number of carbonyl (C=O) groups excluding carboxylic acids is 1. The van der Waals surface area contributed by atoms with Gasteiger partial charge in [-0.05, 0) is 25.8 Å². The lowest BCUT2D eigenvalue weighted by atomic mass is 9.86. The van der Waals surface area contributed by atoms with Crippen molar-refractivity contribution < 1.29 is 9.90 Å². The average Bonchev–Trinajstić information content (AvgIpc) is 2.50. The van der Waals surface area contributed by atoms with Gasteiger partial charge in [-0.3, -0.25) is 4.79 Å². The number of nitrogens with zero attached hydrogens (tertiary/aromatic N) is 1. The first-order chi connectivity index (χ1) is 6.12. The normalized spacial score (nSPS) is 40.2. The van der Waals surface area contributed by atoms with Crippen LogP contribution in [0.3, 0.4) is 0 Å². The minimum atomic E-state index is -1.23. The van der Waals surface area contributed by atoms with Crippen LogP contribution in [-0.2, 0) is 4.79 Å². The minimum absolute atomic E-state index is 0.381. The van der Waals surface area contributed by atoms with E-state index in [2.05, 4.69) is 4.90 Å². The Bertz CT molecular complexity index is 232. The lowest BCUT2D eigenvalue weighted by Gasteiger charge is -2.38. The SMILES string of the molecule is NC(=O)C1(O)CCN2CCCC2C1. The molecule has 0 aromatic rings. The standard InChI is InChI=1S/C9H16N2O2/c10-8(12)9(13)3-5-11-4-1-2-7(11)6-9/h7,13H,1-6H2,(H2,10,12). The molecule has 0 aromatic heterocycles. The van der Waals surface area contributed by atoms with Crippen molar-refractivity contribution in [3.05, 3.63) is 0 Å². The molecule has 4 nitrogen and oxygen atoms in total. The highest BCUT2D eigenvalue weighted by Gasteiger charge is 2.43. The van der Waals surface area contributed by atoms with Crippen LogP contribution in [0.5, 0.6) is 0 Å². The Balaban J connectivity index is 2.08. The number of fused-ring (bicyclic) bond motifs is 1. The Morgan fingerprint density at radius 2 is 2.31 bits per heavy atom. The summed E-state index contributed by atoms with van der Waals surface area (Å²) in [6.45, 7) is 1.92. The third-order valence-electron chi connectivity index (χ3n) is 3.34. The predicted molar refractivity (Wildman–Crippen MR) is 48.0 cm³/mol. The summed E-state index contributed by atoms with van der Waals surface area (Å²) < 4.78 is 0. The second-order valence-corrected chi connectivity index (χ2v) is 4.18. The topological polar surface area (TPSA) is 66.6 Å². The minimum Gasteiger partial charge on any atom is -0.380 e. The summed E-state index contributed by atoms with van der Waals surface area (Å²) in [5, 5.41) is 9.89. The molecule has 2 aliphatic rings. The number of rotatable bonds is 1. The van der Waals surface area contributed by atoms with Crippen molar-refractivity contribution in [2.75, 3.05) is 13.1 Å². The highest BCUT2D eigenvalue weighted by atomic mass is 16.3. The highest BCUT2D eigenvalue weighted by molar-refractivity contribution is 5.83. The van der Waals surface area contributed by atoms with Gasteiger partial charge in [0.2, 0.25) is 5.91 Å². The maximum Gasteiger partial charge on any atom is 0.249 e. The first kappa shape index (κ1) is 8.97. The molecule has 13 heavy (non-hydrogen) atoms. The quantitative estimate of drug-likeness (QED) is 0.575. The fraction of sp³-hybridized carbons (Fsp3) is 0.889. The van der Waals surface area contributed by atoms with E-state index in [0.717, 1.165) is 19.5 Å². The zero-order valence-electron chi connectivity index (χ0n) is 7.70. The molecule has 2 aliphatic heterocycles. The van der Waals surface area contributed by atoms with Crippen molar-refractivity contribution in [1.29, 1.82) is 0 Å². The van der Waals surface area contributed by atoms with E-state index in [0.29, 0.717) is 18.9 Å². The lowest BCUT2D eigenvalue weighted by Crippen LogP contribution is -2.54. The molecule has 0 radical (unpaired) electrons. The molecule has 2 heterocycles. The number of carbonyl (C=O) groups is 1. The predicted octanol–water partition coefficient (Wildman–Crippen LogP) is -0.539. The maximum atomic E-state index is 11.0. The third kappa shape index (κ3) is 1.44. The summed E-state index contributed by atoms with van der Waals surface area (Å²) in [5.74, 6) is -0.556. The van der Waals surface area contributed by atoms with Gasteiger partial charge < -0.3 is 15.7 Å². The van der Waals surface area contributed by atoms with Crippen molar-refractivity contribution in [2.24, 2.45) is 5.73 Å². The molecular formula is C9H16N2O2. The van der Waals surface area contributed by atoms with E-state index >= 15 is 0 Å². The van der Waals surface area contributed by atoms with Crippen LogP contribution in [0.1, 0.15) is 25.7 Å². The van der Waals surface area contributed by atoms with Crippen LogP contribution in [0.25, 0.3) is 0 Å². The number of aliphatic hydroxyl groups is 1. The first-order valence-electron chi connectivity index (χ1n) is 4.88. The largest absolute Gasteiger partial charge is 0.380 e. The van der Waals surface area contributed by atoms with Crippen molar-refractivity contribution in [3.63, 3.8) is 0 Å². The van der Waals surface area contributed by atoms with Crippen LogP contribution in [0.2, 0.25) is 0 Å². The molecule has 4 heteroatoms. The van der Waals surface area contributed by atoms with E-state index in [-0.39, 0.29) is 0 Å². The van der Waals surface area contributed by atoms with E-state index in [1.54, 1.807) is 0 Å². The second-order valence-electron chi connectivity index (χ2n) is 4.18. The fourth-order valence-electron chi connectivity index (χ4n) is 2.46. The Kier molecular flexibility index (Phi) is 2.04. The van der Waals surface area contributed by atoms with Crippen LogP contribution < -0.4 is 5.73 Å². The molecule has 1 amide bonds. The van der Waals surface area contributed by atoms with Gasteiger partial charge in [0.15, 0.2) is 0 Å². The Morgan fingerprint density at radius 1 is 1.54 bits per heavy atom. The molecule has 0 spiro atoms. The lowest BCUT2D eigenvalue weighted by molar-refractivity contribution is -0.142. The van der Waals surface area contributed by atoms with Crippen LogP contribution >= 0.6 is 0 Å². The van der Waals surface area contributed by atoms with Gasteiger partial charge in [-0.15, -0.1) is 0 Å². The molecule has 0 aromatic carbocycles. The molecule has 3 N–H and O–H groups in total. The van der Waals surface area contributed by atoms with Crippen LogP contribution in [0.4, 0.5) is 0 Å². The maximum absolute atomic E-state index is 11.0. The molecule has 74 valence electrons. The first-order valence-corrected chi connectivity index (χ1v) is 4.88. The monoisotopic (exact) mass is 184 g/mol. The third-order valence-corrected chi connectivity index (χ3v) is 3.34. The fourth-order valence-corrected chi connectivity index (χ4v) is 2.46. The Hall–Kier alpha value is -0.610. The number of hydrogen-bond acceptors (Lipinski definition) is 3. The molecule has 0 saturated carbocycles. The Labute approximate surface area is 77.7 Å². The second kappa shape index (κ2) is 2.96. The van der Waals surface area contributed by atoms with Gasteiger partial charge in [0.05, 0.1) is 0 Å². The number of amides is 1. The van der Waals surface area contributed by atoms with Crippen molar-refractivity contribution >= 4 is 5.91 Å². The molecule has 2 unspecified atom stereocenters. The summed E-state index contributed by atoms with van der Waals surface area (Å²) in [6.07, 6.45) is 3.30. The number of primary amides is 1. The van der Waals surface area contributed by atoms with E-state index in [9.17, 15) is 9.90 Å². The van der Waals surface area contributed by atoms with Crippen molar-refractivity contribution in [1.82, 2.24) is 4.90 Å². The van der Waals surface area contributed by atoms with Gasteiger partial charge in [0.25, 0.3) is 0 Å². The summed E-state index contributed by atoms with van der Waals surface area (Å²) in [4.78, 5) is 13.4. The summed E-state index contributed by atoms with van der Waals surface area (Å²) >= 11 is 0. The zero-order valence-corrected chi connectivity index (χ0v) is 7.70. The van der Waals surface area contributed by atoms with Gasteiger partial charge in [0.1, 0.15) is 5.60 Å². The van der Waals surface area contributed by atoms with Gasteiger partial charge in [-0.2, -0.15) is 0 Å². The Morgan fingerprint density at radius 3 is 3.00 bits per heavy atom. The van der Waals surface area contributed by atoms with Gasteiger partial charge >= 0.3 is 0 Å². The van der Waals surface area contributed by atoms with Crippen LogP contribution in [0.15, 0.2) is 0 Å². The van der Waals surface area contributed by atoms with E-state index in [1.165, 1.54) is 6.42 Å². The van der Waals surface area contributed by atoms with Crippen molar-refractivity contribution in [2.45, 2.75) is 37.3 Å². The molecule has 0 aliphatic carbocycles. The molecule has 2 rings (SSSR count). The van der Waals surface area contributed by atoms with Gasteiger partial charge in [-0.25, -0.2) is 0 Å². The van der Waals surface area contributed by atoms with E-state index < -0.39 is 11.5 Å². The van der Waals surface area contributed by atoms with Crippen LogP contribution in [0, 0.1) is 0 Å². The smallest absolute Gasteiger partial charge is 0.249 e. The van der Waals surface area contributed by atoms with Gasteiger partial charge in [-0.1, -0.05) is 0 Å². The molecule has 2 fully saturated rings. The molecule has 0 bridgehead atoms. The summed E-state index contributed by atoms with van der Waals surface area (Å²) in [7, 11) is 0. The molecule has 2 atom stereocenters. The molecule has 2 saturated heterocycles.